The summed E-state index contributed by atoms with van der Waals surface area (Å²) < 4.78 is 1.02. The van der Waals surface area contributed by atoms with Crippen LogP contribution in [0.5, 0.6) is 0 Å². The fraction of sp³-hybridized carbons (Fsp3) is 1.00. The monoisotopic (exact) mass is 238 g/mol. The summed E-state index contributed by atoms with van der Waals surface area (Å²) in [5, 5.41) is 0. The average molecular weight is 237 g/mol. The summed E-state index contributed by atoms with van der Waals surface area (Å²) in [6.07, 6.45) is 7.29. The molecule has 0 spiro atoms. The van der Waals surface area contributed by atoms with Crippen LogP contribution in [-0.4, -0.2) is 20.0 Å². The van der Waals surface area contributed by atoms with Gasteiger partial charge in [-0.3, -0.25) is 0 Å². The Hall–Kier alpha value is 1.09. The minimum atomic E-state index is -0.394. The molecule has 0 saturated heterocycles. The standard InChI is InChI=1S/C6H11.ClH.Sn/c1-2-4-6-5-3-1;;/h1H,2-6H2;1H;/q;;+3/p-1. The van der Waals surface area contributed by atoms with E-state index in [4.69, 9.17) is 8.92 Å². The molecule has 1 saturated carbocycles. The summed E-state index contributed by atoms with van der Waals surface area (Å²) in [5.74, 6) is 0. The van der Waals surface area contributed by atoms with Crippen molar-refractivity contribution >= 4 is 28.9 Å². The molecule has 0 N–H and O–H groups in total. The second-order valence-electron chi connectivity index (χ2n) is 2.44. The van der Waals surface area contributed by atoms with Gasteiger partial charge in [-0.15, -0.1) is 0 Å². The van der Waals surface area contributed by atoms with Crippen LogP contribution in [-0.2, 0) is 0 Å². The first-order chi connectivity index (χ1) is 3.93. The molecule has 1 aliphatic rings. The van der Waals surface area contributed by atoms with E-state index < -0.39 is 20.0 Å². The van der Waals surface area contributed by atoms with E-state index in [1.54, 1.807) is 0 Å². The van der Waals surface area contributed by atoms with Crippen LogP contribution in [0.1, 0.15) is 32.1 Å². The van der Waals surface area contributed by atoms with E-state index in [1.807, 2.05) is 0 Å². The fourth-order valence-corrected chi connectivity index (χ4v) is 4.46. The second kappa shape index (κ2) is 3.99. The van der Waals surface area contributed by atoms with E-state index >= 15 is 0 Å². The van der Waals surface area contributed by atoms with Crippen LogP contribution in [0.3, 0.4) is 0 Å². The molecule has 0 amide bonds. The summed E-state index contributed by atoms with van der Waals surface area (Å²) in [7, 11) is 5.85. The van der Waals surface area contributed by atoms with Gasteiger partial charge in [0.05, 0.1) is 0 Å². The fourth-order valence-electron chi connectivity index (χ4n) is 1.21. The zero-order valence-corrected chi connectivity index (χ0v) is 8.60. The van der Waals surface area contributed by atoms with Crippen molar-refractivity contribution in [3.63, 3.8) is 0 Å². The van der Waals surface area contributed by atoms with Gasteiger partial charge in [-0.05, 0) is 0 Å². The third-order valence-corrected chi connectivity index (χ3v) is 6.36. The van der Waals surface area contributed by atoms with Gasteiger partial charge in [0.2, 0.25) is 0 Å². The molecule has 2 heteroatoms. The Bertz CT molecular complexity index is 59.5. The first kappa shape index (κ1) is 7.20. The van der Waals surface area contributed by atoms with E-state index in [0.29, 0.717) is 0 Å². The van der Waals surface area contributed by atoms with Gasteiger partial charge in [0.25, 0.3) is 0 Å². The topological polar surface area (TPSA) is 0 Å². The van der Waals surface area contributed by atoms with Crippen molar-refractivity contribution in [1.29, 1.82) is 0 Å². The molecule has 44 valence electrons. The van der Waals surface area contributed by atoms with Crippen molar-refractivity contribution in [2.24, 2.45) is 0 Å². The summed E-state index contributed by atoms with van der Waals surface area (Å²) >= 11 is -0.394. The summed E-state index contributed by atoms with van der Waals surface area (Å²) in [6.45, 7) is 0. The molecule has 0 heterocycles. The van der Waals surface area contributed by atoms with E-state index in [-0.39, 0.29) is 0 Å². The molecule has 0 nitrogen and oxygen atoms in total. The maximum atomic E-state index is 5.85. The van der Waals surface area contributed by atoms with E-state index in [9.17, 15) is 0 Å². The Morgan fingerprint density at radius 3 is 2.12 bits per heavy atom. The summed E-state index contributed by atoms with van der Waals surface area (Å²) in [4.78, 5) is 0. The number of hydrogen-bond donors (Lipinski definition) is 0. The van der Waals surface area contributed by atoms with Gasteiger partial charge in [-0.25, -0.2) is 0 Å². The third kappa shape index (κ3) is 2.14. The Balaban J connectivity index is 2.13. The predicted octanol–water partition coefficient (Wildman–Crippen LogP) is 2.60. The van der Waals surface area contributed by atoms with Gasteiger partial charge in [-0.1, -0.05) is 0 Å². The van der Waals surface area contributed by atoms with Gasteiger partial charge in [0, 0.05) is 0 Å². The molecule has 0 aromatic carbocycles. The molecule has 1 aliphatic carbocycles. The molecular formula is C6H11ClSn+2. The molecule has 0 aliphatic heterocycles. The zero-order chi connectivity index (χ0) is 5.82. The van der Waals surface area contributed by atoms with Crippen molar-refractivity contribution < 1.29 is 0 Å². The summed E-state index contributed by atoms with van der Waals surface area (Å²) in [6, 6.07) is 0. The van der Waals surface area contributed by atoms with Crippen LogP contribution in [0.15, 0.2) is 0 Å². The Labute approximate surface area is 64.9 Å². The van der Waals surface area contributed by atoms with Gasteiger partial charge in [-0.2, -0.15) is 0 Å². The quantitative estimate of drug-likeness (QED) is 0.615. The maximum absolute atomic E-state index is 5.85. The minimum absolute atomic E-state index is 0.394. The van der Waals surface area contributed by atoms with Crippen LogP contribution in [0.2, 0.25) is 3.93 Å². The molecule has 8 heavy (non-hydrogen) atoms. The molecule has 0 atom stereocenters. The van der Waals surface area contributed by atoms with Gasteiger partial charge in [0.1, 0.15) is 0 Å². The van der Waals surface area contributed by atoms with Crippen molar-refractivity contribution in [2.45, 2.75) is 36.0 Å². The van der Waals surface area contributed by atoms with Crippen LogP contribution in [0.25, 0.3) is 0 Å². The normalized spacial score (nSPS) is 22.6. The summed E-state index contributed by atoms with van der Waals surface area (Å²) in [5.41, 5.74) is 0. The van der Waals surface area contributed by atoms with Crippen LogP contribution < -0.4 is 0 Å². The van der Waals surface area contributed by atoms with Crippen molar-refractivity contribution in [3.8, 4) is 0 Å². The van der Waals surface area contributed by atoms with Crippen molar-refractivity contribution in [2.75, 3.05) is 0 Å². The van der Waals surface area contributed by atoms with Gasteiger partial charge in [0.15, 0.2) is 0 Å². The van der Waals surface area contributed by atoms with Crippen LogP contribution >= 0.6 is 8.92 Å². The molecule has 0 aromatic heterocycles. The first-order valence-corrected chi connectivity index (χ1v) is 8.56. The van der Waals surface area contributed by atoms with Crippen molar-refractivity contribution in [3.05, 3.63) is 0 Å². The Morgan fingerprint density at radius 1 is 1.12 bits per heavy atom. The average Bonchev–Trinajstić information content (AvgIpc) is 1.90. The number of rotatable bonds is 1. The SMILES string of the molecule is [Cl][Sn+2][CH]1CCCCC1. The first-order valence-electron chi connectivity index (χ1n) is 3.29. The van der Waals surface area contributed by atoms with Gasteiger partial charge < -0.3 is 0 Å². The van der Waals surface area contributed by atoms with Gasteiger partial charge >= 0.3 is 65.0 Å². The molecule has 1 rings (SSSR count). The van der Waals surface area contributed by atoms with E-state index in [1.165, 1.54) is 32.1 Å². The molecular weight excluding hydrogens is 226 g/mol. The second-order valence-corrected chi connectivity index (χ2v) is 6.86. The van der Waals surface area contributed by atoms with Crippen LogP contribution in [0.4, 0.5) is 0 Å². The van der Waals surface area contributed by atoms with E-state index in [2.05, 4.69) is 0 Å². The Morgan fingerprint density at radius 2 is 1.75 bits per heavy atom. The number of halogens is 1. The predicted molar refractivity (Wildman–Crippen MR) is 38.4 cm³/mol. The Kier molecular flexibility index (Phi) is 3.59. The van der Waals surface area contributed by atoms with Crippen molar-refractivity contribution in [1.82, 2.24) is 0 Å². The molecule has 0 aromatic rings. The van der Waals surface area contributed by atoms with Crippen LogP contribution in [0, 0.1) is 0 Å². The molecule has 0 bridgehead atoms. The molecule has 1 fully saturated rings. The zero-order valence-electron chi connectivity index (χ0n) is 4.99. The molecule has 0 unspecified atom stereocenters. The van der Waals surface area contributed by atoms with E-state index in [0.717, 1.165) is 3.93 Å². The third-order valence-electron chi connectivity index (χ3n) is 1.76. The number of hydrogen-bond acceptors (Lipinski definition) is 0. The molecule has 0 radical (unpaired) electrons.